The number of H-pyrrole nitrogens is 1. The molecule has 0 aliphatic rings. The number of pyridine rings is 1. The first-order valence-electron chi connectivity index (χ1n) is 10.3. The highest BCUT2D eigenvalue weighted by Gasteiger charge is 2.07. The minimum absolute atomic E-state index is 0.0137. The quantitative estimate of drug-likeness (QED) is 0.394. The van der Waals surface area contributed by atoms with Gasteiger partial charge in [0.2, 0.25) is 5.91 Å². The Kier molecular flexibility index (Phi) is 6.78. The highest BCUT2D eigenvalue weighted by atomic mass is 32.1. The first-order chi connectivity index (χ1) is 15.2. The lowest BCUT2D eigenvalue weighted by Crippen LogP contribution is -2.24. The Hall–Kier alpha value is -3.39. The molecule has 3 heterocycles. The molecule has 3 aromatic heterocycles. The zero-order valence-corrected chi connectivity index (χ0v) is 17.8. The number of carbonyl (C=O) groups excluding carboxylic acids is 1. The van der Waals surface area contributed by atoms with Crippen LogP contribution >= 0.6 is 11.3 Å². The molecule has 7 nitrogen and oxygen atoms in total. The molecule has 0 saturated carbocycles. The van der Waals surface area contributed by atoms with E-state index in [2.05, 4.69) is 30.6 Å². The van der Waals surface area contributed by atoms with Gasteiger partial charge in [-0.05, 0) is 37.1 Å². The molecule has 8 heteroatoms. The molecule has 0 aliphatic carbocycles. The molecular weight excluding hydrogens is 410 g/mol. The second-order valence-corrected chi connectivity index (χ2v) is 8.14. The third-order valence-electron chi connectivity index (χ3n) is 4.90. The van der Waals surface area contributed by atoms with Gasteiger partial charge >= 0.3 is 0 Å². The summed E-state index contributed by atoms with van der Waals surface area (Å²) in [5.74, 6) is 0.630. The molecule has 158 valence electrons. The number of aromatic nitrogens is 4. The maximum Gasteiger partial charge on any atom is 0.258 e. The zero-order valence-electron chi connectivity index (χ0n) is 17.0. The molecule has 4 aromatic rings. The monoisotopic (exact) mass is 433 g/mol. The van der Waals surface area contributed by atoms with E-state index in [9.17, 15) is 9.59 Å². The van der Waals surface area contributed by atoms with Gasteiger partial charge in [-0.15, -0.1) is 11.3 Å². The van der Waals surface area contributed by atoms with Crippen molar-refractivity contribution in [2.45, 2.75) is 32.1 Å². The van der Waals surface area contributed by atoms with Gasteiger partial charge in [0.25, 0.3) is 5.56 Å². The van der Waals surface area contributed by atoms with Crippen molar-refractivity contribution in [3.63, 3.8) is 0 Å². The molecule has 0 aliphatic heterocycles. The lowest BCUT2D eigenvalue weighted by Gasteiger charge is -2.05. The summed E-state index contributed by atoms with van der Waals surface area (Å²) in [6.45, 7) is 0.619. The fraction of sp³-hybridized carbons (Fsp3) is 0.261. The number of thiazole rings is 1. The van der Waals surface area contributed by atoms with Crippen LogP contribution in [0.25, 0.3) is 22.2 Å². The number of fused-ring (bicyclic) bond motifs is 1. The molecule has 0 unspecified atom stereocenters. The summed E-state index contributed by atoms with van der Waals surface area (Å²) >= 11 is 1.64. The third-order valence-corrected chi connectivity index (χ3v) is 5.81. The summed E-state index contributed by atoms with van der Waals surface area (Å²) in [5, 5.41) is 6.65. The average Bonchev–Trinajstić information content (AvgIpc) is 3.26. The van der Waals surface area contributed by atoms with E-state index in [1.807, 2.05) is 30.3 Å². The molecule has 0 bridgehead atoms. The number of aryl methyl sites for hydroxylation is 2. The molecule has 4 rings (SSSR count). The minimum atomic E-state index is -0.140. The van der Waals surface area contributed by atoms with Crippen molar-refractivity contribution in [3.8, 4) is 11.3 Å². The van der Waals surface area contributed by atoms with Crippen molar-refractivity contribution in [1.29, 1.82) is 0 Å². The minimum Gasteiger partial charge on any atom is -0.356 e. The van der Waals surface area contributed by atoms with Crippen LogP contribution in [-0.4, -0.2) is 32.4 Å². The molecule has 0 radical (unpaired) electrons. The molecule has 31 heavy (non-hydrogen) atoms. The largest absolute Gasteiger partial charge is 0.356 e. The van der Waals surface area contributed by atoms with Crippen LogP contribution in [0.5, 0.6) is 0 Å². The Bertz CT molecular complexity index is 1220. The van der Waals surface area contributed by atoms with Gasteiger partial charge in [-0.25, -0.2) is 9.97 Å². The Balaban J connectivity index is 1.17. The summed E-state index contributed by atoms with van der Waals surface area (Å²) in [6.07, 6.45) is 6.79. The molecule has 1 amide bonds. The van der Waals surface area contributed by atoms with E-state index in [-0.39, 0.29) is 11.5 Å². The van der Waals surface area contributed by atoms with Crippen LogP contribution in [0.15, 0.2) is 59.0 Å². The van der Waals surface area contributed by atoms with E-state index < -0.39 is 0 Å². The number of nitrogens with one attached hydrogen (secondary N) is 2. The van der Waals surface area contributed by atoms with Gasteiger partial charge in [-0.2, -0.15) is 0 Å². The van der Waals surface area contributed by atoms with Crippen LogP contribution in [0.4, 0.5) is 0 Å². The summed E-state index contributed by atoms with van der Waals surface area (Å²) < 4.78 is 0. The number of para-hydroxylation sites is 1. The number of benzene rings is 1. The standard InChI is InChI=1S/C23H23N5O2S/c29-21(8-3-7-20-26-18-6-2-1-5-17(18)23(30)28-20)25-12-4-9-22-27-19(15-31-22)16-10-13-24-14-11-16/h1-2,5-6,10-11,13-15H,3-4,7-9,12H2,(H,25,29)(H,26,28,30). The van der Waals surface area contributed by atoms with Crippen LogP contribution in [0.2, 0.25) is 0 Å². The number of hydrogen-bond donors (Lipinski definition) is 2. The fourth-order valence-corrected chi connectivity index (χ4v) is 4.16. The smallest absolute Gasteiger partial charge is 0.258 e. The van der Waals surface area contributed by atoms with Crippen molar-refractivity contribution in [2.24, 2.45) is 0 Å². The Morgan fingerprint density at radius 1 is 1.03 bits per heavy atom. The summed E-state index contributed by atoms with van der Waals surface area (Å²) in [7, 11) is 0. The Labute approximate surface area is 183 Å². The number of hydrogen-bond acceptors (Lipinski definition) is 6. The van der Waals surface area contributed by atoms with E-state index in [0.717, 1.165) is 29.1 Å². The number of rotatable bonds is 9. The summed E-state index contributed by atoms with van der Waals surface area (Å²) in [4.78, 5) is 40.1. The van der Waals surface area contributed by atoms with E-state index in [0.29, 0.717) is 42.5 Å². The fourth-order valence-electron chi connectivity index (χ4n) is 3.31. The first-order valence-corrected chi connectivity index (χ1v) is 11.2. The molecule has 0 fully saturated rings. The van der Waals surface area contributed by atoms with Crippen LogP contribution in [0, 0.1) is 0 Å². The molecule has 0 saturated heterocycles. The summed E-state index contributed by atoms with van der Waals surface area (Å²) in [6, 6.07) is 11.1. The van der Waals surface area contributed by atoms with Crippen molar-refractivity contribution in [1.82, 2.24) is 25.3 Å². The second kappa shape index (κ2) is 10.1. The predicted octanol–water partition coefficient (Wildman–Crippen LogP) is 3.51. The normalized spacial score (nSPS) is 11.0. The highest BCUT2D eigenvalue weighted by molar-refractivity contribution is 7.09. The highest BCUT2D eigenvalue weighted by Crippen LogP contribution is 2.21. The van der Waals surface area contributed by atoms with Crippen molar-refractivity contribution >= 4 is 28.1 Å². The number of amides is 1. The lowest BCUT2D eigenvalue weighted by atomic mass is 10.2. The topological polar surface area (TPSA) is 101 Å². The molecular formula is C23H23N5O2S. The SMILES string of the molecule is O=C(CCCc1nc2ccccc2c(=O)[nH]1)NCCCc1nc(-c2ccncc2)cs1. The number of nitrogens with zero attached hydrogens (tertiary/aromatic N) is 3. The molecule has 2 N–H and O–H groups in total. The van der Waals surface area contributed by atoms with Crippen LogP contribution < -0.4 is 10.9 Å². The van der Waals surface area contributed by atoms with Crippen LogP contribution in [0.1, 0.15) is 30.1 Å². The van der Waals surface area contributed by atoms with Gasteiger partial charge in [0.1, 0.15) is 5.82 Å². The van der Waals surface area contributed by atoms with E-state index in [1.165, 1.54) is 0 Å². The van der Waals surface area contributed by atoms with E-state index in [1.54, 1.807) is 29.8 Å². The van der Waals surface area contributed by atoms with Gasteiger partial charge in [-0.1, -0.05) is 12.1 Å². The first kappa shape index (κ1) is 20.9. The van der Waals surface area contributed by atoms with Gasteiger partial charge in [0.05, 0.1) is 21.6 Å². The van der Waals surface area contributed by atoms with E-state index in [4.69, 9.17) is 0 Å². The Morgan fingerprint density at radius 3 is 2.74 bits per heavy atom. The van der Waals surface area contributed by atoms with Crippen LogP contribution in [-0.2, 0) is 17.6 Å². The van der Waals surface area contributed by atoms with Gasteiger partial charge in [0, 0.05) is 49.1 Å². The number of carbonyl (C=O) groups is 1. The predicted molar refractivity (Wildman–Crippen MR) is 122 cm³/mol. The number of aromatic amines is 1. The third kappa shape index (κ3) is 5.61. The van der Waals surface area contributed by atoms with E-state index >= 15 is 0 Å². The Morgan fingerprint density at radius 2 is 1.87 bits per heavy atom. The van der Waals surface area contributed by atoms with Crippen molar-refractivity contribution in [2.75, 3.05) is 6.54 Å². The molecule has 1 aromatic carbocycles. The maximum absolute atomic E-state index is 12.1. The van der Waals surface area contributed by atoms with Gasteiger partial charge in [-0.3, -0.25) is 14.6 Å². The van der Waals surface area contributed by atoms with Crippen molar-refractivity contribution in [3.05, 3.63) is 75.4 Å². The van der Waals surface area contributed by atoms with Gasteiger partial charge < -0.3 is 10.3 Å². The maximum atomic E-state index is 12.1. The second-order valence-electron chi connectivity index (χ2n) is 7.20. The molecule has 0 spiro atoms. The van der Waals surface area contributed by atoms with Crippen LogP contribution in [0.3, 0.4) is 0 Å². The summed E-state index contributed by atoms with van der Waals surface area (Å²) in [5.41, 5.74) is 2.57. The van der Waals surface area contributed by atoms with Crippen molar-refractivity contribution < 1.29 is 4.79 Å². The average molecular weight is 434 g/mol. The molecule has 0 atom stereocenters. The van der Waals surface area contributed by atoms with Gasteiger partial charge in [0.15, 0.2) is 0 Å². The lowest BCUT2D eigenvalue weighted by molar-refractivity contribution is -0.121. The zero-order chi connectivity index (χ0) is 21.5.